The topological polar surface area (TPSA) is 291 Å². The number of anilines is 1. The molecule has 0 spiro atoms. The number of carbonyl (C=O) groups excluding carboxylic acids is 2. The molecular formula is C19H33Cl2N7O10S2. The van der Waals surface area contributed by atoms with Gasteiger partial charge in [-0.3, -0.25) is 18.9 Å². The summed E-state index contributed by atoms with van der Waals surface area (Å²) in [5, 5.41) is 24.7. The highest BCUT2D eigenvalue weighted by atomic mass is 35.5. The Labute approximate surface area is 246 Å². The van der Waals surface area contributed by atoms with Crippen LogP contribution in [0.2, 0.25) is 0 Å². The summed E-state index contributed by atoms with van der Waals surface area (Å²) in [6.07, 6.45) is 2.16. The molecule has 3 atom stereocenters. The molecule has 0 aliphatic carbocycles. The second-order valence-corrected chi connectivity index (χ2v) is 10.6. The summed E-state index contributed by atoms with van der Waals surface area (Å²) in [6, 6.07) is -3.03. The minimum absolute atomic E-state index is 0. The Morgan fingerprint density at radius 1 is 1.27 bits per heavy atom. The van der Waals surface area contributed by atoms with Crippen molar-refractivity contribution in [2.75, 3.05) is 12.3 Å². The lowest BCUT2D eigenvalue weighted by Crippen LogP contribution is -2.71. The van der Waals surface area contributed by atoms with Crippen LogP contribution in [0.15, 0.2) is 10.5 Å². The quantitative estimate of drug-likeness (QED) is 0.0477. The van der Waals surface area contributed by atoms with E-state index < -0.39 is 63.5 Å². The zero-order chi connectivity index (χ0) is 29.4. The number of rotatable bonds is 12. The number of β-lactam (4-membered cyclic amide) rings is 1. The van der Waals surface area contributed by atoms with E-state index in [2.05, 4.69) is 15.5 Å². The van der Waals surface area contributed by atoms with Crippen molar-refractivity contribution in [1.82, 2.24) is 14.6 Å². The van der Waals surface area contributed by atoms with Crippen molar-refractivity contribution in [3.8, 4) is 0 Å². The number of carboxylic acids is 2. The largest absolute Gasteiger partial charge is 0.480 e. The second-order valence-electron chi connectivity index (χ2n) is 8.45. The van der Waals surface area contributed by atoms with Gasteiger partial charge in [-0.1, -0.05) is 11.6 Å². The van der Waals surface area contributed by atoms with Gasteiger partial charge < -0.3 is 37.6 Å². The number of hydrogen-bond acceptors (Lipinski definition) is 13. The predicted molar refractivity (Wildman–Crippen MR) is 149 cm³/mol. The Morgan fingerprint density at radius 3 is 2.25 bits per heavy atom. The number of nitrogen functional groups attached to an aromatic ring is 1. The number of aliphatic carboxylic acids is 2. The third-order valence-corrected chi connectivity index (χ3v) is 6.70. The maximum atomic E-state index is 12.6. The highest BCUT2D eigenvalue weighted by Gasteiger charge is 2.51. The Kier molecular flexibility index (Phi) is 16.2. The maximum absolute atomic E-state index is 12.6. The molecular weight excluding hydrogens is 621 g/mol. The fourth-order valence-corrected chi connectivity index (χ4v) is 4.18. The molecule has 0 bridgehead atoms. The van der Waals surface area contributed by atoms with E-state index in [4.69, 9.17) is 36.8 Å². The predicted octanol–water partition coefficient (Wildman–Crippen LogP) is -0.802. The molecule has 0 saturated carbocycles. The first-order chi connectivity index (χ1) is 17.4. The highest BCUT2D eigenvalue weighted by Crippen LogP contribution is 2.23. The summed E-state index contributed by atoms with van der Waals surface area (Å²) in [7, 11) is -4.76. The Bertz CT molecular complexity index is 1180. The van der Waals surface area contributed by atoms with Crippen molar-refractivity contribution >= 4 is 81.1 Å². The van der Waals surface area contributed by atoms with Crippen molar-refractivity contribution in [3.05, 3.63) is 11.1 Å². The summed E-state index contributed by atoms with van der Waals surface area (Å²) in [6.45, 7) is 4.30. The first-order valence-corrected chi connectivity index (χ1v) is 13.2. The average Bonchev–Trinajstić information content (AvgIpc) is 3.22. The van der Waals surface area contributed by atoms with Crippen LogP contribution in [-0.2, 0) is 34.3 Å². The number of nitrogens with one attached hydrogen (secondary N) is 1. The minimum atomic E-state index is -4.76. The number of carbonyl (C=O) groups is 4. The molecule has 0 unspecified atom stereocenters. The lowest BCUT2D eigenvalue weighted by atomic mass is 10.0. The molecule has 0 aromatic carbocycles. The van der Waals surface area contributed by atoms with E-state index in [0.29, 0.717) is 13.0 Å². The smallest absolute Gasteiger partial charge is 0.362 e. The molecule has 17 nitrogen and oxygen atoms in total. The van der Waals surface area contributed by atoms with Gasteiger partial charge in [-0.25, -0.2) is 14.1 Å². The third kappa shape index (κ3) is 11.0. The monoisotopic (exact) mass is 653 g/mol. The van der Waals surface area contributed by atoms with Crippen molar-refractivity contribution in [2.24, 2.45) is 16.6 Å². The Morgan fingerprint density at radius 2 is 1.85 bits per heavy atom. The van der Waals surface area contributed by atoms with Gasteiger partial charge in [0.2, 0.25) is 5.60 Å². The van der Waals surface area contributed by atoms with Crippen LogP contribution in [0.4, 0.5) is 5.13 Å². The van der Waals surface area contributed by atoms with Gasteiger partial charge in [-0.15, -0.1) is 36.2 Å². The summed E-state index contributed by atoms with van der Waals surface area (Å²) >= 11 is 0.980. The number of nitrogens with two attached hydrogens (primary N) is 3. The van der Waals surface area contributed by atoms with Crippen LogP contribution in [0, 0.1) is 0 Å². The van der Waals surface area contributed by atoms with Crippen LogP contribution in [0.3, 0.4) is 0 Å². The van der Waals surface area contributed by atoms with Crippen LogP contribution >= 0.6 is 36.2 Å². The van der Waals surface area contributed by atoms with Crippen LogP contribution in [0.25, 0.3) is 0 Å². The van der Waals surface area contributed by atoms with Crippen molar-refractivity contribution in [1.29, 1.82) is 0 Å². The number of carboxylic acid groups (broad SMARTS) is 2. The number of aromatic nitrogens is 1. The summed E-state index contributed by atoms with van der Waals surface area (Å²) < 4.78 is 31.4. The van der Waals surface area contributed by atoms with Gasteiger partial charge in [0.1, 0.15) is 17.8 Å². The maximum Gasteiger partial charge on any atom is 0.362 e. The lowest BCUT2D eigenvalue weighted by Gasteiger charge is -2.42. The van der Waals surface area contributed by atoms with Gasteiger partial charge in [-0.2, -0.15) is 8.42 Å². The molecule has 1 aliphatic rings. The van der Waals surface area contributed by atoms with Gasteiger partial charge in [0.25, 0.3) is 11.8 Å². The fourth-order valence-electron chi connectivity index (χ4n) is 2.74. The summed E-state index contributed by atoms with van der Waals surface area (Å²) in [5.41, 5.74) is 13.7. The molecule has 40 heavy (non-hydrogen) atoms. The molecule has 10 N–H and O–H groups in total. The minimum Gasteiger partial charge on any atom is -0.480 e. The van der Waals surface area contributed by atoms with Crippen LogP contribution in [0.5, 0.6) is 0 Å². The number of halogens is 2. The number of oxime groups is 1. The first-order valence-electron chi connectivity index (χ1n) is 10.9. The third-order valence-electron chi connectivity index (χ3n) is 5.02. The molecule has 2 amide bonds. The van der Waals surface area contributed by atoms with E-state index in [9.17, 15) is 27.6 Å². The van der Waals surface area contributed by atoms with Crippen LogP contribution in [-0.4, -0.2) is 92.2 Å². The van der Waals surface area contributed by atoms with E-state index in [1.165, 1.54) is 26.2 Å². The number of amides is 2. The average molecular weight is 655 g/mol. The highest BCUT2D eigenvalue weighted by molar-refractivity contribution is 7.84. The number of nitrogens with zero attached hydrogens (tertiary/aromatic N) is 3. The van der Waals surface area contributed by atoms with Gasteiger partial charge >= 0.3 is 22.2 Å². The van der Waals surface area contributed by atoms with Gasteiger partial charge in [0.05, 0.1) is 6.04 Å². The zero-order valence-electron chi connectivity index (χ0n) is 21.5. The van der Waals surface area contributed by atoms with E-state index in [-0.39, 0.29) is 39.9 Å². The molecule has 230 valence electrons. The van der Waals surface area contributed by atoms with Crippen molar-refractivity contribution < 1.29 is 47.2 Å². The molecule has 0 radical (unpaired) electrons. The molecule has 21 heteroatoms. The number of thiazole rings is 1. The molecule has 2 heterocycles. The number of unbranched alkanes of at least 4 members (excludes halogenated alkanes) is 1. The molecule has 1 aromatic heterocycles. The standard InChI is InChI=1S/C13H17N5O8S2.C6H14N2O2.2ClH/c1-5-7(10(20)18(5)28(23,24)25)16-9(19)8(6-4-27-12(14)15-6)17-26-13(2,3)11(21)22;7-4-2-1-3-5(8)6(9)10;;/h4-5,7H,1-3H3,(H2,14,15)(H,16,19)(H,21,22)(H,23,24,25);5H,1-4,7-8H2,(H,9,10);2*1H/b17-8+;;;/t5-,7-;5-;;/m00../s1. The summed E-state index contributed by atoms with van der Waals surface area (Å²) in [5.74, 6) is -4.31. The van der Waals surface area contributed by atoms with E-state index in [1.807, 2.05) is 0 Å². The van der Waals surface area contributed by atoms with E-state index >= 15 is 0 Å². The molecule has 2 rings (SSSR count). The zero-order valence-corrected chi connectivity index (χ0v) is 24.8. The van der Waals surface area contributed by atoms with E-state index in [0.717, 1.165) is 24.2 Å². The molecule has 1 aromatic rings. The molecule has 1 saturated heterocycles. The van der Waals surface area contributed by atoms with Gasteiger partial charge in [0.15, 0.2) is 10.8 Å². The van der Waals surface area contributed by atoms with Gasteiger partial charge in [0, 0.05) is 5.38 Å². The summed E-state index contributed by atoms with van der Waals surface area (Å²) in [4.78, 5) is 54.5. The number of hydrogen-bond donors (Lipinski definition) is 7. The van der Waals surface area contributed by atoms with Crippen molar-refractivity contribution in [2.45, 2.75) is 63.8 Å². The normalized spacial score (nSPS) is 17.6. The van der Waals surface area contributed by atoms with E-state index in [1.54, 1.807) is 0 Å². The molecule has 1 fully saturated rings. The SMILES string of the molecule is C[C@H]1[C@H](NC(=O)/C(=N/OC(C)(C)C(=O)O)c2csc(N)n2)C(=O)N1S(=O)(=O)O.Cl.Cl.NCCCC[C@H](N)C(=O)O. The second kappa shape index (κ2) is 16.5. The Balaban J connectivity index is 0. The van der Waals surface area contributed by atoms with Crippen LogP contribution in [0.1, 0.15) is 45.7 Å². The first kappa shape index (κ1) is 39.3. The fraction of sp³-hybridized carbons (Fsp3) is 0.579. The van der Waals surface area contributed by atoms with Gasteiger partial charge in [-0.05, 0) is 40.2 Å². The van der Waals surface area contributed by atoms with Crippen LogP contribution < -0.4 is 22.5 Å². The van der Waals surface area contributed by atoms with Crippen molar-refractivity contribution in [3.63, 3.8) is 0 Å². The molecule has 1 aliphatic heterocycles. The lowest BCUT2D eigenvalue weighted by molar-refractivity contribution is -0.161. The Hall–Kier alpha value is -2.81.